The monoisotopic (exact) mass is 160 g/mol. The van der Waals surface area contributed by atoms with Crippen LogP contribution in [0.15, 0.2) is 0 Å². The van der Waals surface area contributed by atoms with Crippen molar-refractivity contribution in [2.75, 3.05) is 14.2 Å². The van der Waals surface area contributed by atoms with Crippen LogP contribution in [0, 0.1) is 5.92 Å². The molecule has 0 aromatic rings. The van der Waals surface area contributed by atoms with Crippen LogP contribution in [0.25, 0.3) is 0 Å². The average Bonchev–Trinajstić information content (AvgIpc) is 2.05. The fourth-order valence-electron chi connectivity index (χ4n) is 1.35. The van der Waals surface area contributed by atoms with Crippen molar-refractivity contribution in [3.63, 3.8) is 0 Å². The second-order valence-electron chi connectivity index (χ2n) is 2.96. The summed E-state index contributed by atoms with van der Waals surface area (Å²) in [6.07, 6.45) is 1.92. The standard InChI is InChI=1S/C8H16O3/c1-6-4-5-7(9-2)11-8(6)10-3/h6-8H,4-5H2,1-3H3. The molecule has 0 aromatic heterocycles. The molecule has 66 valence electrons. The second kappa shape index (κ2) is 4.04. The Morgan fingerprint density at radius 2 is 1.91 bits per heavy atom. The third-order valence-corrected chi connectivity index (χ3v) is 2.10. The van der Waals surface area contributed by atoms with E-state index in [1.165, 1.54) is 0 Å². The van der Waals surface area contributed by atoms with Gasteiger partial charge in [-0.25, -0.2) is 0 Å². The topological polar surface area (TPSA) is 27.7 Å². The van der Waals surface area contributed by atoms with Crippen LogP contribution in [0.5, 0.6) is 0 Å². The molecular weight excluding hydrogens is 144 g/mol. The molecule has 0 aromatic carbocycles. The minimum atomic E-state index is -0.0892. The van der Waals surface area contributed by atoms with Gasteiger partial charge in [0.2, 0.25) is 0 Å². The van der Waals surface area contributed by atoms with E-state index in [0.717, 1.165) is 12.8 Å². The van der Waals surface area contributed by atoms with Crippen molar-refractivity contribution in [2.24, 2.45) is 5.92 Å². The Kier molecular flexibility index (Phi) is 3.30. The minimum Gasteiger partial charge on any atom is -0.356 e. The van der Waals surface area contributed by atoms with Crippen molar-refractivity contribution < 1.29 is 14.2 Å². The Hall–Kier alpha value is -0.120. The highest BCUT2D eigenvalue weighted by atomic mass is 16.8. The fraction of sp³-hybridized carbons (Fsp3) is 1.00. The van der Waals surface area contributed by atoms with Gasteiger partial charge in [0.25, 0.3) is 0 Å². The van der Waals surface area contributed by atoms with Crippen LogP contribution in [0.3, 0.4) is 0 Å². The van der Waals surface area contributed by atoms with Gasteiger partial charge in [-0.2, -0.15) is 0 Å². The molecule has 1 aliphatic rings. The molecular formula is C8H16O3. The maximum Gasteiger partial charge on any atom is 0.162 e. The van der Waals surface area contributed by atoms with E-state index in [1.807, 2.05) is 0 Å². The van der Waals surface area contributed by atoms with Crippen LogP contribution in [-0.4, -0.2) is 26.8 Å². The number of hydrogen-bond donors (Lipinski definition) is 0. The summed E-state index contributed by atoms with van der Waals surface area (Å²) < 4.78 is 15.7. The smallest absolute Gasteiger partial charge is 0.162 e. The molecule has 1 aliphatic heterocycles. The Bertz CT molecular complexity index is 116. The van der Waals surface area contributed by atoms with Crippen LogP contribution >= 0.6 is 0 Å². The molecule has 0 radical (unpaired) electrons. The summed E-state index contributed by atoms with van der Waals surface area (Å²) in [4.78, 5) is 0. The van der Waals surface area contributed by atoms with Crippen molar-refractivity contribution in [3.05, 3.63) is 0 Å². The van der Waals surface area contributed by atoms with Gasteiger partial charge in [0.1, 0.15) is 0 Å². The fourth-order valence-corrected chi connectivity index (χ4v) is 1.35. The molecule has 3 atom stereocenters. The van der Waals surface area contributed by atoms with E-state index >= 15 is 0 Å². The van der Waals surface area contributed by atoms with Gasteiger partial charge in [0.05, 0.1) is 0 Å². The second-order valence-corrected chi connectivity index (χ2v) is 2.96. The Morgan fingerprint density at radius 1 is 1.18 bits per heavy atom. The third-order valence-electron chi connectivity index (χ3n) is 2.10. The van der Waals surface area contributed by atoms with Gasteiger partial charge < -0.3 is 14.2 Å². The lowest BCUT2D eigenvalue weighted by molar-refractivity contribution is -0.269. The summed E-state index contributed by atoms with van der Waals surface area (Å²) in [7, 11) is 3.33. The maximum absolute atomic E-state index is 5.45. The highest BCUT2D eigenvalue weighted by Gasteiger charge is 2.27. The molecule has 0 aliphatic carbocycles. The van der Waals surface area contributed by atoms with Gasteiger partial charge in [-0.05, 0) is 12.8 Å². The van der Waals surface area contributed by atoms with E-state index in [0.29, 0.717) is 5.92 Å². The normalized spacial score (nSPS) is 39.0. The molecule has 1 saturated heterocycles. The van der Waals surface area contributed by atoms with Crippen LogP contribution < -0.4 is 0 Å². The van der Waals surface area contributed by atoms with Gasteiger partial charge in [-0.15, -0.1) is 0 Å². The van der Waals surface area contributed by atoms with Crippen LogP contribution in [-0.2, 0) is 14.2 Å². The predicted molar refractivity (Wildman–Crippen MR) is 41.1 cm³/mol. The summed E-state index contributed by atoms with van der Waals surface area (Å²) >= 11 is 0. The quantitative estimate of drug-likeness (QED) is 0.610. The lowest BCUT2D eigenvalue weighted by Crippen LogP contribution is -2.35. The lowest BCUT2D eigenvalue weighted by atomic mass is 10.0. The van der Waals surface area contributed by atoms with Crippen molar-refractivity contribution in [3.8, 4) is 0 Å². The third kappa shape index (κ3) is 2.15. The summed E-state index contributed by atoms with van der Waals surface area (Å²) in [5.41, 5.74) is 0. The van der Waals surface area contributed by atoms with Crippen molar-refractivity contribution in [1.29, 1.82) is 0 Å². The zero-order chi connectivity index (χ0) is 8.27. The Balaban J connectivity index is 2.37. The first kappa shape index (κ1) is 8.97. The van der Waals surface area contributed by atoms with E-state index in [-0.39, 0.29) is 12.6 Å². The van der Waals surface area contributed by atoms with Crippen LogP contribution in [0.1, 0.15) is 19.8 Å². The largest absolute Gasteiger partial charge is 0.356 e. The first-order valence-corrected chi connectivity index (χ1v) is 3.99. The molecule has 0 spiro atoms. The number of methoxy groups -OCH3 is 2. The highest BCUT2D eigenvalue weighted by molar-refractivity contribution is 4.65. The zero-order valence-corrected chi connectivity index (χ0v) is 7.37. The molecule has 1 rings (SSSR count). The van der Waals surface area contributed by atoms with Crippen molar-refractivity contribution in [1.82, 2.24) is 0 Å². The van der Waals surface area contributed by atoms with Crippen LogP contribution in [0.2, 0.25) is 0 Å². The Labute approximate surface area is 67.6 Å². The molecule has 0 amide bonds. The SMILES string of the molecule is COC1CCC(C)C(OC)O1. The molecule has 11 heavy (non-hydrogen) atoms. The van der Waals surface area contributed by atoms with Gasteiger partial charge >= 0.3 is 0 Å². The van der Waals surface area contributed by atoms with Crippen molar-refractivity contribution in [2.45, 2.75) is 32.3 Å². The number of rotatable bonds is 2. The molecule has 1 fully saturated rings. The maximum atomic E-state index is 5.45. The summed E-state index contributed by atoms with van der Waals surface area (Å²) in [5.74, 6) is 0.478. The number of ether oxygens (including phenoxy) is 3. The zero-order valence-electron chi connectivity index (χ0n) is 7.37. The van der Waals surface area contributed by atoms with E-state index in [9.17, 15) is 0 Å². The Morgan fingerprint density at radius 3 is 2.45 bits per heavy atom. The van der Waals surface area contributed by atoms with Gasteiger partial charge in [-0.1, -0.05) is 6.92 Å². The summed E-state index contributed by atoms with van der Waals surface area (Å²) in [6, 6.07) is 0. The van der Waals surface area contributed by atoms with Gasteiger partial charge in [0, 0.05) is 20.1 Å². The van der Waals surface area contributed by atoms with Gasteiger partial charge in [-0.3, -0.25) is 0 Å². The lowest BCUT2D eigenvalue weighted by Gasteiger charge is -2.32. The molecule has 0 N–H and O–H groups in total. The van der Waals surface area contributed by atoms with Crippen LogP contribution in [0.4, 0.5) is 0 Å². The first-order chi connectivity index (χ1) is 5.27. The van der Waals surface area contributed by atoms with E-state index < -0.39 is 0 Å². The molecule has 3 heteroatoms. The molecule has 0 bridgehead atoms. The molecule has 3 nitrogen and oxygen atoms in total. The molecule has 3 unspecified atom stereocenters. The first-order valence-electron chi connectivity index (χ1n) is 3.99. The van der Waals surface area contributed by atoms with Gasteiger partial charge in [0.15, 0.2) is 12.6 Å². The molecule has 0 saturated carbocycles. The minimum absolute atomic E-state index is 0.0730. The van der Waals surface area contributed by atoms with E-state index in [1.54, 1.807) is 14.2 Å². The van der Waals surface area contributed by atoms with Crippen molar-refractivity contribution >= 4 is 0 Å². The molecule has 1 heterocycles. The number of hydrogen-bond acceptors (Lipinski definition) is 3. The average molecular weight is 160 g/mol. The van der Waals surface area contributed by atoms with E-state index in [4.69, 9.17) is 14.2 Å². The highest BCUT2D eigenvalue weighted by Crippen LogP contribution is 2.24. The van der Waals surface area contributed by atoms with E-state index in [2.05, 4.69) is 6.92 Å². The predicted octanol–water partition coefficient (Wildman–Crippen LogP) is 1.38. The summed E-state index contributed by atoms with van der Waals surface area (Å²) in [6.45, 7) is 2.13. The summed E-state index contributed by atoms with van der Waals surface area (Å²) in [5, 5.41) is 0.